The maximum absolute atomic E-state index is 13.4. The van der Waals surface area contributed by atoms with Crippen LogP contribution in [0.25, 0.3) is 11.3 Å². The lowest BCUT2D eigenvalue weighted by atomic mass is 9.94. The summed E-state index contributed by atoms with van der Waals surface area (Å²) < 4.78 is 25.2. The van der Waals surface area contributed by atoms with Crippen LogP contribution in [0.4, 0.5) is 4.39 Å². The summed E-state index contributed by atoms with van der Waals surface area (Å²) in [5.74, 6) is 0.434. The number of nitrogens with zero attached hydrogens (tertiary/aromatic N) is 1. The molecular formula is C23H24FN2O2. The van der Waals surface area contributed by atoms with Crippen molar-refractivity contribution in [3.8, 4) is 11.3 Å². The Morgan fingerprint density at radius 3 is 2.39 bits per heavy atom. The number of benzene rings is 2. The molecular weight excluding hydrogens is 355 g/mol. The minimum absolute atomic E-state index is 0.0143. The Kier molecular flexibility index (Phi) is 5.04. The van der Waals surface area contributed by atoms with Gasteiger partial charge in [-0.2, -0.15) is 0 Å². The molecule has 2 heterocycles. The first kappa shape index (κ1) is 18.8. The molecule has 1 unspecified atom stereocenters. The lowest BCUT2D eigenvalue weighted by molar-refractivity contribution is -0.229. The molecule has 0 spiro atoms. The molecule has 0 bridgehead atoms. The highest BCUT2D eigenvalue weighted by Crippen LogP contribution is 2.35. The van der Waals surface area contributed by atoms with Crippen LogP contribution in [0.3, 0.4) is 0 Å². The molecule has 4 nitrogen and oxygen atoms in total. The maximum atomic E-state index is 13.4. The second kappa shape index (κ2) is 7.49. The van der Waals surface area contributed by atoms with Gasteiger partial charge in [0.05, 0.1) is 24.6 Å². The molecule has 1 N–H and O–H groups in total. The van der Waals surface area contributed by atoms with Crippen molar-refractivity contribution < 1.29 is 13.9 Å². The predicted molar refractivity (Wildman–Crippen MR) is 105 cm³/mol. The largest absolute Gasteiger partial charge is 0.345 e. The van der Waals surface area contributed by atoms with E-state index in [1.165, 1.54) is 12.1 Å². The average molecular weight is 379 g/mol. The van der Waals surface area contributed by atoms with Crippen molar-refractivity contribution in [2.75, 3.05) is 13.2 Å². The molecule has 2 aromatic carbocycles. The number of imidazole rings is 1. The normalized spacial score (nSPS) is 18.1. The Morgan fingerprint density at radius 2 is 1.75 bits per heavy atom. The molecule has 0 aliphatic carbocycles. The number of hydrogen-bond acceptors (Lipinski definition) is 3. The smallest absolute Gasteiger partial charge is 0.217 e. The molecule has 4 rings (SSSR count). The summed E-state index contributed by atoms with van der Waals surface area (Å²) in [7, 11) is 0. The molecule has 1 aliphatic rings. The number of rotatable bonds is 4. The van der Waals surface area contributed by atoms with Gasteiger partial charge >= 0.3 is 0 Å². The minimum atomic E-state index is -0.530. The Labute approximate surface area is 164 Å². The Hall–Kier alpha value is -2.50. The third-order valence-electron chi connectivity index (χ3n) is 5.02. The highest BCUT2D eigenvalue weighted by Gasteiger charge is 2.32. The monoisotopic (exact) mass is 379 g/mol. The van der Waals surface area contributed by atoms with Gasteiger partial charge in [-0.1, -0.05) is 45.0 Å². The van der Waals surface area contributed by atoms with E-state index in [1.807, 2.05) is 24.3 Å². The summed E-state index contributed by atoms with van der Waals surface area (Å²) in [5.41, 5.74) is 3.71. The number of nitrogens with one attached hydrogen (secondary N) is 1. The zero-order chi connectivity index (χ0) is 19.7. The number of ether oxygens (including phenoxy) is 2. The number of aromatic nitrogens is 2. The van der Waals surface area contributed by atoms with E-state index in [1.54, 1.807) is 12.1 Å². The number of halogens is 1. The van der Waals surface area contributed by atoms with Gasteiger partial charge < -0.3 is 14.5 Å². The van der Waals surface area contributed by atoms with Crippen molar-refractivity contribution in [1.29, 1.82) is 0 Å². The molecule has 1 radical (unpaired) electrons. The van der Waals surface area contributed by atoms with Crippen molar-refractivity contribution in [1.82, 2.24) is 9.97 Å². The second-order valence-corrected chi connectivity index (χ2v) is 8.06. The number of aromatic amines is 1. The summed E-state index contributed by atoms with van der Waals surface area (Å²) >= 11 is 0. The molecule has 1 aromatic heterocycles. The van der Waals surface area contributed by atoms with Gasteiger partial charge in [-0.3, -0.25) is 0 Å². The zero-order valence-electron chi connectivity index (χ0n) is 16.3. The Bertz CT molecular complexity index is 925. The van der Waals surface area contributed by atoms with Crippen LogP contribution in [-0.4, -0.2) is 23.2 Å². The van der Waals surface area contributed by atoms with Crippen LogP contribution in [0.2, 0.25) is 0 Å². The molecule has 1 saturated heterocycles. The van der Waals surface area contributed by atoms with Crippen LogP contribution in [0, 0.1) is 17.3 Å². The van der Waals surface area contributed by atoms with E-state index in [4.69, 9.17) is 14.5 Å². The van der Waals surface area contributed by atoms with E-state index in [0.717, 1.165) is 22.5 Å². The first-order valence-electron chi connectivity index (χ1n) is 9.48. The Morgan fingerprint density at radius 1 is 1.11 bits per heavy atom. The summed E-state index contributed by atoms with van der Waals surface area (Å²) in [6.07, 6.45) is -0.530. The van der Waals surface area contributed by atoms with Gasteiger partial charge in [-0.25, -0.2) is 9.37 Å². The van der Waals surface area contributed by atoms with Crippen molar-refractivity contribution >= 4 is 0 Å². The molecule has 0 amide bonds. The molecule has 145 valence electrons. The highest BCUT2D eigenvalue weighted by atomic mass is 19.1. The van der Waals surface area contributed by atoms with Crippen molar-refractivity contribution in [2.45, 2.75) is 33.0 Å². The summed E-state index contributed by atoms with van der Waals surface area (Å²) in [6, 6.07) is 17.3. The second-order valence-electron chi connectivity index (χ2n) is 8.06. The van der Waals surface area contributed by atoms with Gasteiger partial charge in [-0.05, 0) is 35.9 Å². The van der Waals surface area contributed by atoms with Crippen LogP contribution in [-0.2, 0) is 9.47 Å². The molecule has 1 fully saturated rings. The summed E-state index contributed by atoms with van der Waals surface area (Å²) in [5, 5.41) is 0. The molecule has 28 heavy (non-hydrogen) atoms. The van der Waals surface area contributed by atoms with E-state index < -0.39 is 6.29 Å². The lowest BCUT2D eigenvalue weighted by Crippen LogP contribution is -2.34. The standard InChI is InChI=1S/C23H24FN2O2/c1-15(16-7-5-4-6-8-16)19-20(17-9-11-18(24)12-10-17)26-21(25-19)22-27-13-23(2,3)14-28-22/h5-12,15,22H,13-14H2,1-3H3,(H,25,26). The average Bonchev–Trinajstić information content (AvgIpc) is 3.14. The minimum Gasteiger partial charge on any atom is -0.345 e. The molecule has 1 aliphatic heterocycles. The number of H-pyrrole nitrogens is 1. The lowest BCUT2D eigenvalue weighted by Gasteiger charge is -2.33. The Balaban J connectivity index is 1.73. The van der Waals surface area contributed by atoms with Crippen molar-refractivity contribution in [2.24, 2.45) is 5.41 Å². The maximum Gasteiger partial charge on any atom is 0.217 e. The van der Waals surface area contributed by atoms with Crippen molar-refractivity contribution in [3.05, 3.63) is 77.5 Å². The van der Waals surface area contributed by atoms with Crippen LogP contribution in [0.1, 0.15) is 50.1 Å². The fourth-order valence-electron chi connectivity index (χ4n) is 3.36. The highest BCUT2D eigenvalue weighted by molar-refractivity contribution is 5.63. The first-order chi connectivity index (χ1) is 13.4. The van der Waals surface area contributed by atoms with Gasteiger partial charge in [0, 0.05) is 16.9 Å². The fourth-order valence-corrected chi connectivity index (χ4v) is 3.36. The van der Waals surface area contributed by atoms with Crippen LogP contribution >= 0.6 is 0 Å². The van der Waals surface area contributed by atoms with Crippen LogP contribution in [0.5, 0.6) is 0 Å². The number of hydrogen-bond donors (Lipinski definition) is 1. The zero-order valence-corrected chi connectivity index (χ0v) is 16.3. The SMILES string of the molecule is CC(c1cc[c]cc1)c1[nH]c(C2OCC(C)(C)CO2)nc1-c1ccc(F)cc1. The predicted octanol–water partition coefficient (Wildman–Crippen LogP) is 5.24. The van der Waals surface area contributed by atoms with Gasteiger partial charge in [0.15, 0.2) is 5.82 Å². The van der Waals surface area contributed by atoms with Gasteiger partial charge in [0.2, 0.25) is 6.29 Å². The molecule has 0 saturated carbocycles. The topological polar surface area (TPSA) is 47.1 Å². The van der Waals surface area contributed by atoms with E-state index in [9.17, 15) is 4.39 Å². The van der Waals surface area contributed by atoms with Gasteiger partial charge in [0.25, 0.3) is 0 Å². The quantitative estimate of drug-likeness (QED) is 0.674. The third-order valence-corrected chi connectivity index (χ3v) is 5.02. The van der Waals surface area contributed by atoms with Gasteiger partial charge in [-0.15, -0.1) is 0 Å². The fraction of sp³-hybridized carbons (Fsp3) is 0.348. The molecule has 3 aromatic rings. The van der Waals surface area contributed by atoms with E-state index in [0.29, 0.717) is 19.0 Å². The van der Waals surface area contributed by atoms with E-state index in [2.05, 4.69) is 31.8 Å². The van der Waals surface area contributed by atoms with Crippen molar-refractivity contribution in [3.63, 3.8) is 0 Å². The molecule has 5 heteroatoms. The van der Waals surface area contributed by atoms with Crippen LogP contribution in [0.15, 0.2) is 48.5 Å². The molecule has 1 atom stereocenters. The van der Waals surface area contributed by atoms with Gasteiger partial charge in [0.1, 0.15) is 5.82 Å². The summed E-state index contributed by atoms with van der Waals surface area (Å²) in [6.45, 7) is 7.53. The first-order valence-corrected chi connectivity index (χ1v) is 9.48. The van der Waals surface area contributed by atoms with Crippen LogP contribution < -0.4 is 0 Å². The van der Waals surface area contributed by atoms with E-state index >= 15 is 0 Å². The van der Waals surface area contributed by atoms with E-state index in [-0.39, 0.29) is 17.2 Å². The summed E-state index contributed by atoms with van der Waals surface area (Å²) in [4.78, 5) is 8.22. The third kappa shape index (κ3) is 3.86.